The molecule has 0 radical (unpaired) electrons. The maximum atomic E-state index is 15.3. The van der Waals surface area contributed by atoms with E-state index in [1.54, 1.807) is 62.9 Å². The molecule has 6 N–H and O–H groups in total. The molecule has 568 valence electrons. The van der Waals surface area contributed by atoms with Crippen molar-refractivity contribution in [2.45, 2.75) is 102 Å². The van der Waals surface area contributed by atoms with E-state index in [1.165, 1.54) is 21.5 Å². The number of sulfonamides is 2. The van der Waals surface area contributed by atoms with E-state index in [0.717, 1.165) is 36.8 Å². The number of pyridine rings is 2. The lowest BCUT2D eigenvalue weighted by Gasteiger charge is -2.23. The SMILES string of the molecule is C.C.Cn1nc(NS(C)(=O)=O)c2c(Cl)ccc(-c3cc4cc[nH]c4nc3C(Cc3cc(F)cc(F)c3)NC(=O)Cn3nc(C(F)F)c4c3C(F)(F)[C@@H]3C[C@H]43)c21.Cn1nc(NS(C)(=O)=O)c2c(Cl)ccc(-c3cc4cc[nH]c4nc3[C@H](Cc3cc(F)cc(F)c3)NC(=O)Cn3nc(C(F)F)c4c3C(F)(F)[C@@H]3C[C@H]43)c21. The summed E-state index contributed by atoms with van der Waals surface area (Å²) >= 11 is 13.1. The van der Waals surface area contributed by atoms with Crippen molar-refractivity contribution in [1.82, 2.24) is 69.7 Å². The van der Waals surface area contributed by atoms with Gasteiger partial charge in [0, 0.05) is 94.6 Å². The standard InChI is InChI=1S/2C34H27ClF6N8O3S.2CH4/c2*1-48-29-18(3-4-22(35)26(29)33(46-48)47-53(2,51)52)19-10-15-5-6-42-32(15)44-27(19)23(9-14-7-16(36)11-17(37)8-14)43-24(50)13-49-30-25(28(45-49)31(38)39)20-12-21(20)34(30,40)41;;/h2*3-8,10-11,20-21,23,31H,9,12-13H2,1-2H3,(H,42,44)(H,43,50)(H,46,47);2*1H4/t20-,21+,23?;20-,21+,23-;;/m00../s1. The van der Waals surface area contributed by atoms with Crippen LogP contribution in [-0.4, -0.2) is 100 Å². The Morgan fingerprint density at radius 3 is 1.24 bits per heavy atom. The molecule has 0 spiro atoms. The van der Waals surface area contributed by atoms with E-state index in [2.05, 4.69) is 50.4 Å². The summed E-state index contributed by atoms with van der Waals surface area (Å²) in [5.74, 6) is -16.3. The molecular formula is C70H62Cl2F12N16O6S2. The number of rotatable bonds is 20. The number of hydrogen-bond donors (Lipinski definition) is 6. The van der Waals surface area contributed by atoms with Crippen LogP contribution < -0.4 is 20.1 Å². The molecule has 1 unspecified atom stereocenters. The van der Waals surface area contributed by atoms with Crippen LogP contribution in [0.4, 0.5) is 64.3 Å². The number of aromatic amines is 2. The van der Waals surface area contributed by atoms with Gasteiger partial charge in [0.1, 0.15) is 70.4 Å². The first-order valence-electron chi connectivity index (χ1n) is 32.3. The number of nitrogens with one attached hydrogen (secondary N) is 6. The van der Waals surface area contributed by atoms with Gasteiger partial charge in [0.05, 0.1) is 67.8 Å². The molecule has 16 rings (SSSR count). The molecule has 22 nitrogen and oxygen atoms in total. The summed E-state index contributed by atoms with van der Waals surface area (Å²) in [5.41, 5.74) is -0.0320. The Bertz CT molecular complexity index is 5530. The van der Waals surface area contributed by atoms with Crippen molar-refractivity contribution < 1.29 is 79.1 Å². The van der Waals surface area contributed by atoms with Gasteiger partial charge in [0.25, 0.3) is 24.7 Å². The van der Waals surface area contributed by atoms with Gasteiger partial charge in [-0.25, -0.2) is 61.9 Å². The van der Waals surface area contributed by atoms with Gasteiger partial charge in [-0.15, -0.1) is 0 Å². The fraction of sp³-hybridized carbons (Fsp3) is 0.314. The number of H-pyrrole nitrogens is 2. The van der Waals surface area contributed by atoms with Crippen molar-refractivity contribution in [1.29, 1.82) is 0 Å². The number of alkyl halides is 8. The highest BCUT2D eigenvalue weighted by molar-refractivity contribution is 7.92. The van der Waals surface area contributed by atoms with Crippen LogP contribution in [0.5, 0.6) is 0 Å². The predicted octanol–water partition coefficient (Wildman–Crippen LogP) is 15.0. The summed E-state index contributed by atoms with van der Waals surface area (Å²) in [6, 6.07) is 16.3. The monoisotopic (exact) mass is 1580 g/mol. The van der Waals surface area contributed by atoms with Crippen LogP contribution in [-0.2, 0) is 81.5 Å². The zero-order chi connectivity index (χ0) is 75.4. The van der Waals surface area contributed by atoms with Crippen molar-refractivity contribution in [3.8, 4) is 22.3 Å². The first kappa shape index (κ1) is 76.0. The summed E-state index contributed by atoms with van der Waals surface area (Å²) in [7, 11) is -4.47. The van der Waals surface area contributed by atoms with Crippen LogP contribution >= 0.6 is 23.2 Å². The number of carbonyl (C=O) groups excluding carboxylic acids is 2. The van der Waals surface area contributed by atoms with Gasteiger partial charge < -0.3 is 20.6 Å². The number of amides is 2. The lowest BCUT2D eigenvalue weighted by molar-refractivity contribution is -0.123. The molecule has 0 aliphatic heterocycles. The summed E-state index contributed by atoms with van der Waals surface area (Å²) in [6.45, 7) is -1.74. The van der Waals surface area contributed by atoms with Crippen LogP contribution in [0.25, 0.3) is 66.1 Å². The van der Waals surface area contributed by atoms with Crippen molar-refractivity contribution in [2.75, 3.05) is 22.0 Å². The Morgan fingerprint density at radius 1 is 0.537 bits per heavy atom. The van der Waals surface area contributed by atoms with Gasteiger partial charge in [0.2, 0.25) is 31.9 Å². The Balaban J connectivity index is 0.000000187. The Hall–Kier alpha value is -10.2. The zero-order valence-electron chi connectivity index (χ0n) is 55.1. The van der Waals surface area contributed by atoms with Gasteiger partial charge in [0.15, 0.2) is 11.6 Å². The molecule has 8 aromatic heterocycles. The summed E-state index contributed by atoms with van der Waals surface area (Å²) in [6.07, 6.45) is -1.62. The highest BCUT2D eigenvalue weighted by Crippen LogP contribution is 2.69. The van der Waals surface area contributed by atoms with Crippen molar-refractivity contribution in [3.63, 3.8) is 0 Å². The maximum Gasteiger partial charge on any atom is 0.293 e. The number of aryl methyl sites for hydroxylation is 2. The third-order valence-corrected chi connectivity index (χ3v) is 20.9. The molecule has 4 aliphatic carbocycles. The second kappa shape index (κ2) is 27.5. The number of anilines is 2. The lowest BCUT2D eigenvalue weighted by atomic mass is 9.93. The highest BCUT2D eigenvalue weighted by atomic mass is 35.5. The average molecular weight is 1590 g/mol. The normalized spacial score (nSPS) is 17.7. The molecule has 2 saturated carbocycles. The zero-order valence-corrected chi connectivity index (χ0v) is 58.3. The van der Waals surface area contributed by atoms with E-state index < -0.39 is 151 Å². The molecule has 108 heavy (non-hydrogen) atoms. The first-order valence-corrected chi connectivity index (χ1v) is 36.8. The van der Waals surface area contributed by atoms with Crippen LogP contribution in [0.1, 0.15) is 121 Å². The van der Waals surface area contributed by atoms with E-state index in [-0.39, 0.29) is 107 Å². The van der Waals surface area contributed by atoms with E-state index in [0.29, 0.717) is 76.9 Å². The van der Waals surface area contributed by atoms with Crippen LogP contribution in [0.15, 0.2) is 97.3 Å². The number of hydrogen-bond acceptors (Lipinski definition) is 12. The Kier molecular flexibility index (Phi) is 19.3. The van der Waals surface area contributed by atoms with E-state index >= 15 is 17.6 Å². The van der Waals surface area contributed by atoms with Crippen molar-refractivity contribution in [2.24, 2.45) is 25.9 Å². The van der Waals surface area contributed by atoms with Gasteiger partial charge in [-0.1, -0.05) is 50.2 Å². The number of aromatic nitrogens is 12. The Labute approximate surface area is 615 Å². The molecular weight excluding hydrogens is 1520 g/mol. The minimum Gasteiger partial charge on any atom is -0.346 e. The first-order chi connectivity index (χ1) is 50.0. The van der Waals surface area contributed by atoms with E-state index in [4.69, 9.17) is 33.2 Å². The summed E-state index contributed by atoms with van der Waals surface area (Å²) in [5, 5.41) is 23.6. The molecule has 2 fully saturated rings. The van der Waals surface area contributed by atoms with Crippen molar-refractivity contribution >= 4 is 111 Å². The quantitative estimate of drug-likeness (QED) is 0.0389. The maximum absolute atomic E-state index is 15.3. The van der Waals surface area contributed by atoms with Gasteiger partial charge >= 0.3 is 0 Å². The minimum absolute atomic E-state index is 0. The highest BCUT2D eigenvalue weighted by Gasteiger charge is 2.68. The number of benzene rings is 4. The van der Waals surface area contributed by atoms with Gasteiger partial charge in [-0.2, -0.15) is 38.0 Å². The molecule has 0 bridgehead atoms. The van der Waals surface area contributed by atoms with Crippen molar-refractivity contribution in [3.05, 3.63) is 187 Å². The fourth-order valence-corrected chi connectivity index (χ4v) is 16.4. The fourth-order valence-electron chi connectivity index (χ4n) is 14.9. The molecule has 4 aromatic carbocycles. The van der Waals surface area contributed by atoms with Gasteiger partial charge in [-0.3, -0.25) is 37.8 Å². The van der Waals surface area contributed by atoms with Crippen LogP contribution in [0.2, 0.25) is 10.0 Å². The minimum atomic E-state index is -3.79. The molecule has 6 atom stereocenters. The number of halogens is 14. The summed E-state index contributed by atoms with van der Waals surface area (Å²) < 4.78 is 232. The molecule has 38 heteroatoms. The topological polar surface area (TPSA) is 279 Å². The molecule has 2 amide bonds. The van der Waals surface area contributed by atoms with Crippen LogP contribution in [0, 0.1) is 35.1 Å². The molecule has 0 saturated heterocycles. The lowest BCUT2D eigenvalue weighted by Crippen LogP contribution is -2.35. The number of fused-ring (bicyclic) bond motifs is 10. The summed E-state index contributed by atoms with van der Waals surface area (Å²) in [4.78, 5) is 43.2. The average Bonchev–Trinajstić information content (AvgIpc) is 1.52. The second-order valence-electron chi connectivity index (χ2n) is 26.6. The predicted molar refractivity (Wildman–Crippen MR) is 378 cm³/mol. The smallest absolute Gasteiger partial charge is 0.293 e. The van der Waals surface area contributed by atoms with Gasteiger partial charge in [-0.05, 0) is 109 Å². The van der Waals surface area contributed by atoms with Crippen LogP contribution in [0.3, 0.4) is 0 Å². The molecule has 8 heterocycles. The number of carbonyl (C=O) groups is 2. The van der Waals surface area contributed by atoms with E-state index in [1.807, 2.05) is 0 Å². The Morgan fingerprint density at radius 2 is 0.898 bits per heavy atom. The third-order valence-electron chi connectivity index (χ3n) is 19.1. The second-order valence-corrected chi connectivity index (χ2v) is 30.9. The number of nitrogens with zero attached hydrogens (tertiary/aromatic N) is 10. The van der Waals surface area contributed by atoms with E-state index in [9.17, 15) is 61.5 Å². The largest absolute Gasteiger partial charge is 0.346 e. The molecule has 12 aromatic rings. The molecule has 4 aliphatic rings. The third kappa shape index (κ3) is 13.8.